The molecular formula is C18H29N5O. The summed E-state index contributed by atoms with van der Waals surface area (Å²) in [6.45, 7) is 1.55. The minimum atomic E-state index is 0.0357. The summed E-state index contributed by atoms with van der Waals surface area (Å²) in [4.78, 5) is 26.5. The number of rotatable bonds is 5. The Balaban J connectivity index is 1.86. The maximum Gasteiger partial charge on any atom is 0.226 e. The van der Waals surface area contributed by atoms with E-state index in [1.807, 2.05) is 37.0 Å². The summed E-state index contributed by atoms with van der Waals surface area (Å²) in [6, 6.07) is 2.05. The molecule has 0 bridgehead atoms. The van der Waals surface area contributed by atoms with E-state index in [2.05, 4.69) is 5.32 Å². The predicted octanol–water partition coefficient (Wildman–Crippen LogP) is 2.12. The molecule has 1 aromatic heterocycles. The Hall–Kier alpha value is -1.69. The Morgan fingerprint density at radius 3 is 2.67 bits per heavy atom. The van der Waals surface area contributed by atoms with E-state index in [1.165, 1.54) is 12.8 Å². The van der Waals surface area contributed by atoms with Gasteiger partial charge in [-0.1, -0.05) is 12.8 Å². The molecule has 1 amide bonds. The lowest BCUT2D eigenvalue weighted by Crippen LogP contribution is -2.35. The molecule has 0 spiro atoms. The molecule has 1 N–H and O–H groups in total. The number of carbonyl (C=O) groups is 1. The summed E-state index contributed by atoms with van der Waals surface area (Å²) in [5, 5.41) is 3.16. The van der Waals surface area contributed by atoms with Crippen molar-refractivity contribution < 1.29 is 4.79 Å². The highest BCUT2D eigenvalue weighted by Gasteiger charge is 2.36. The average molecular weight is 331 g/mol. The van der Waals surface area contributed by atoms with Crippen LogP contribution >= 0.6 is 0 Å². The number of carbonyl (C=O) groups excluding carboxylic acids is 1. The standard InChI is InChI=1S/C18H29N5O/c1-19-12-14-11-16(22(2)3)21-17(20-14)15-9-6-10-23(15)18(24)13-7-4-5-8-13/h11,13,15,19H,4-10,12H2,1-3H3/t15-/m1/s1. The maximum atomic E-state index is 12.9. The second-order valence-corrected chi connectivity index (χ2v) is 7.17. The number of nitrogens with one attached hydrogen (secondary N) is 1. The molecule has 1 atom stereocenters. The molecule has 1 aromatic rings. The van der Waals surface area contributed by atoms with Crippen LogP contribution in [0, 0.1) is 5.92 Å². The van der Waals surface area contributed by atoms with Crippen molar-refractivity contribution in [3.8, 4) is 0 Å². The van der Waals surface area contributed by atoms with Crippen molar-refractivity contribution in [2.24, 2.45) is 5.92 Å². The lowest BCUT2D eigenvalue weighted by molar-refractivity contribution is -0.136. The van der Waals surface area contributed by atoms with E-state index in [1.54, 1.807) is 0 Å². The van der Waals surface area contributed by atoms with Crippen LogP contribution in [0.2, 0.25) is 0 Å². The van der Waals surface area contributed by atoms with E-state index in [9.17, 15) is 4.79 Å². The fraction of sp³-hybridized carbons (Fsp3) is 0.722. The molecule has 6 nitrogen and oxygen atoms in total. The molecule has 2 aliphatic rings. The normalized spacial score (nSPS) is 21.5. The fourth-order valence-corrected chi connectivity index (χ4v) is 3.86. The Labute approximate surface area is 144 Å². The molecule has 132 valence electrons. The van der Waals surface area contributed by atoms with Crippen LogP contribution in [0.4, 0.5) is 5.82 Å². The van der Waals surface area contributed by atoms with Crippen molar-refractivity contribution in [2.75, 3.05) is 32.6 Å². The zero-order chi connectivity index (χ0) is 17.1. The van der Waals surface area contributed by atoms with E-state index in [0.29, 0.717) is 12.5 Å². The molecule has 1 aliphatic carbocycles. The Bertz CT molecular complexity index is 583. The summed E-state index contributed by atoms with van der Waals surface area (Å²) >= 11 is 0. The number of amides is 1. The summed E-state index contributed by atoms with van der Waals surface area (Å²) in [5.74, 6) is 2.25. The van der Waals surface area contributed by atoms with E-state index in [0.717, 1.165) is 49.6 Å². The van der Waals surface area contributed by atoms with Gasteiger partial charge in [-0.3, -0.25) is 4.79 Å². The first-order chi connectivity index (χ1) is 11.6. The van der Waals surface area contributed by atoms with Gasteiger partial charge in [-0.2, -0.15) is 0 Å². The summed E-state index contributed by atoms with van der Waals surface area (Å²) < 4.78 is 0. The summed E-state index contributed by atoms with van der Waals surface area (Å²) in [5.41, 5.74) is 0.978. The SMILES string of the molecule is CNCc1cc(N(C)C)nc([C@H]2CCCN2C(=O)C2CCCC2)n1. The van der Waals surface area contributed by atoms with E-state index in [4.69, 9.17) is 9.97 Å². The van der Waals surface area contributed by atoms with Crippen LogP contribution in [-0.4, -0.2) is 48.5 Å². The van der Waals surface area contributed by atoms with Crippen molar-refractivity contribution in [1.29, 1.82) is 0 Å². The third-order valence-corrected chi connectivity index (χ3v) is 5.14. The highest BCUT2D eigenvalue weighted by Crippen LogP contribution is 2.35. The van der Waals surface area contributed by atoms with E-state index < -0.39 is 0 Å². The number of aromatic nitrogens is 2. The van der Waals surface area contributed by atoms with Gasteiger partial charge in [-0.05, 0) is 32.7 Å². The van der Waals surface area contributed by atoms with Gasteiger partial charge in [0.1, 0.15) is 5.82 Å². The Morgan fingerprint density at radius 2 is 2.00 bits per heavy atom. The van der Waals surface area contributed by atoms with Crippen LogP contribution < -0.4 is 10.2 Å². The van der Waals surface area contributed by atoms with Crippen LogP contribution in [-0.2, 0) is 11.3 Å². The van der Waals surface area contributed by atoms with Gasteiger partial charge in [0.25, 0.3) is 0 Å². The second kappa shape index (κ2) is 7.47. The largest absolute Gasteiger partial charge is 0.363 e. The monoisotopic (exact) mass is 331 g/mol. The number of likely N-dealkylation sites (tertiary alicyclic amines) is 1. The summed E-state index contributed by atoms with van der Waals surface area (Å²) in [6.07, 6.45) is 6.48. The molecule has 1 saturated heterocycles. The molecule has 6 heteroatoms. The smallest absolute Gasteiger partial charge is 0.226 e. The first-order valence-electron chi connectivity index (χ1n) is 9.10. The highest BCUT2D eigenvalue weighted by atomic mass is 16.2. The van der Waals surface area contributed by atoms with Gasteiger partial charge in [0.2, 0.25) is 5.91 Å². The molecule has 2 fully saturated rings. The van der Waals surface area contributed by atoms with Crippen LogP contribution in [0.25, 0.3) is 0 Å². The molecule has 3 rings (SSSR count). The lowest BCUT2D eigenvalue weighted by atomic mass is 10.1. The molecule has 1 saturated carbocycles. The minimum Gasteiger partial charge on any atom is -0.363 e. The van der Waals surface area contributed by atoms with E-state index in [-0.39, 0.29) is 12.0 Å². The van der Waals surface area contributed by atoms with Crippen molar-refractivity contribution in [1.82, 2.24) is 20.2 Å². The molecular weight excluding hydrogens is 302 g/mol. The van der Waals surface area contributed by atoms with Gasteiger partial charge in [-0.15, -0.1) is 0 Å². The van der Waals surface area contributed by atoms with Gasteiger partial charge in [-0.25, -0.2) is 9.97 Å². The van der Waals surface area contributed by atoms with Crippen molar-refractivity contribution in [2.45, 2.75) is 51.1 Å². The average Bonchev–Trinajstić information content (AvgIpc) is 3.26. The number of hydrogen-bond donors (Lipinski definition) is 1. The van der Waals surface area contributed by atoms with Crippen molar-refractivity contribution in [3.63, 3.8) is 0 Å². The zero-order valence-corrected chi connectivity index (χ0v) is 15.1. The molecule has 2 heterocycles. The van der Waals surface area contributed by atoms with E-state index >= 15 is 0 Å². The van der Waals surface area contributed by atoms with Crippen LogP contribution in [0.5, 0.6) is 0 Å². The van der Waals surface area contributed by atoms with Gasteiger partial charge >= 0.3 is 0 Å². The first-order valence-corrected chi connectivity index (χ1v) is 9.10. The minimum absolute atomic E-state index is 0.0357. The molecule has 24 heavy (non-hydrogen) atoms. The Kier molecular flexibility index (Phi) is 5.33. The molecule has 0 unspecified atom stereocenters. The van der Waals surface area contributed by atoms with Gasteiger partial charge < -0.3 is 15.1 Å². The zero-order valence-electron chi connectivity index (χ0n) is 15.1. The van der Waals surface area contributed by atoms with Gasteiger partial charge in [0, 0.05) is 39.2 Å². The van der Waals surface area contributed by atoms with Gasteiger partial charge in [0.15, 0.2) is 5.82 Å². The molecule has 0 radical (unpaired) electrons. The second-order valence-electron chi connectivity index (χ2n) is 7.17. The topological polar surface area (TPSA) is 61.4 Å². The van der Waals surface area contributed by atoms with Crippen molar-refractivity contribution in [3.05, 3.63) is 17.6 Å². The number of anilines is 1. The maximum absolute atomic E-state index is 12.9. The predicted molar refractivity (Wildman–Crippen MR) is 94.8 cm³/mol. The Morgan fingerprint density at radius 1 is 1.25 bits per heavy atom. The number of nitrogens with zero attached hydrogens (tertiary/aromatic N) is 4. The van der Waals surface area contributed by atoms with Crippen LogP contribution in [0.15, 0.2) is 6.07 Å². The fourth-order valence-electron chi connectivity index (χ4n) is 3.86. The van der Waals surface area contributed by atoms with Crippen molar-refractivity contribution >= 4 is 11.7 Å². The first kappa shape index (κ1) is 17.1. The van der Waals surface area contributed by atoms with Crippen LogP contribution in [0.1, 0.15) is 56.1 Å². The molecule has 1 aliphatic heterocycles. The number of hydrogen-bond acceptors (Lipinski definition) is 5. The molecule has 0 aromatic carbocycles. The lowest BCUT2D eigenvalue weighted by Gasteiger charge is -2.27. The third kappa shape index (κ3) is 3.53. The quantitative estimate of drug-likeness (QED) is 0.895. The summed E-state index contributed by atoms with van der Waals surface area (Å²) in [7, 11) is 5.90. The third-order valence-electron chi connectivity index (χ3n) is 5.14. The van der Waals surface area contributed by atoms with Gasteiger partial charge in [0.05, 0.1) is 11.7 Å². The van der Waals surface area contributed by atoms with Crippen LogP contribution in [0.3, 0.4) is 0 Å². The highest BCUT2D eigenvalue weighted by molar-refractivity contribution is 5.79.